The van der Waals surface area contributed by atoms with Crippen molar-refractivity contribution in [3.8, 4) is 0 Å². The van der Waals surface area contributed by atoms with Crippen molar-refractivity contribution in [2.45, 2.75) is 13.8 Å². The van der Waals surface area contributed by atoms with Crippen molar-refractivity contribution in [3.05, 3.63) is 11.8 Å². The molecule has 9 heavy (non-hydrogen) atoms. The molecular weight excluding hydrogens is 114 g/mol. The van der Waals surface area contributed by atoms with Gasteiger partial charge in [-0.25, -0.2) is 4.99 Å². The largest absolute Gasteiger partial charge is 0.261 e. The highest BCUT2D eigenvalue weighted by Gasteiger charge is 1.89. The van der Waals surface area contributed by atoms with E-state index in [0.717, 1.165) is 11.5 Å². The van der Waals surface area contributed by atoms with E-state index in [0.29, 0.717) is 0 Å². The monoisotopic (exact) mass is 123 g/mol. The van der Waals surface area contributed by atoms with Crippen LogP contribution in [0.15, 0.2) is 11.1 Å². The number of nitrogens with one attached hydrogen (secondary N) is 1. The van der Waals surface area contributed by atoms with Crippen LogP contribution in [-0.4, -0.2) is 16.4 Å². The molecule has 1 aromatic heterocycles. The second kappa shape index (κ2) is 2.44. The smallest absolute Gasteiger partial charge is 0.147 e. The molecule has 0 radical (unpaired) electrons. The Kier molecular flexibility index (Phi) is 1.63. The molecule has 3 heteroatoms. The second-order valence-electron chi connectivity index (χ2n) is 1.78. The quantitative estimate of drug-likeness (QED) is 0.564. The first-order valence-electron chi connectivity index (χ1n) is 2.83. The minimum atomic E-state index is 0.815. The Bertz CT molecular complexity index is 212. The standard InChI is InChI=1S/C6H9N3/c1-3-7-6-4-5(2)8-9-6/h3-4H,1-2H3,(H,8,9)/b7-3-. The molecule has 0 bridgehead atoms. The third kappa shape index (κ3) is 1.38. The molecule has 0 unspecified atom stereocenters. The van der Waals surface area contributed by atoms with Gasteiger partial charge in [0.15, 0.2) is 0 Å². The summed E-state index contributed by atoms with van der Waals surface area (Å²) in [5, 5.41) is 6.65. The lowest BCUT2D eigenvalue weighted by molar-refractivity contribution is 1.04. The van der Waals surface area contributed by atoms with Crippen LogP contribution >= 0.6 is 0 Å². The first-order chi connectivity index (χ1) is 4.33. The van der Waals surface area contributed by atoms with Crippen molar-refractivity contribution in [1.82, 2.24) is 10.2 Å². The van der Waals surface area contributed by atoms with E-state index in [-0.39, 0.29) is 0 Å². The number of hydrogen-bond donors (Lipinski definition) is 1. The van der Waals surface area contributed by atoms with Crippen molar-refractivity contribution in [3.63, 3.8) is 0 Å². The highest BCUT2D eigenvalue weighted by molar-refractivity contribution is 5.58. The first kappa shape index (κ1) is 6.01. The number of aromatic amines is 1. The van der Waals surface area contributed by atoms with Gasteiger partial charge in [0.2, 0.25) is 0 Å². The summed E-state index contributed by atoms with van der Waals surface area (Å²) in [6.07, 6.45) is 1.73. The number of rotatable bonds is 1. The van der Waals surface area contributed by atoms with Gasteiger partial charge in [0.05, 0.1) is 5.69 Å². The van der Waals surface area contributed by atoms with Crippen LogP contribution in [0.4, 0.5) is 5.82 Å². The SMILES string of the molecule is C/C=N\c1cc(C)n[nH]1. The average Bonchev–Trinajstić information content (AvgIpc) is 2.17. The summed E-state index contributed by atoms with van der Waals surface area (Å²) in [5.41, 5.74) is 0.968. The molecule has 0 saturated heterocycles. The Morgan fingerprint density at radius 2 is 2.56 bits per heavy atom. The maximum absolute atomic E-state index is 3.98. The Hall–Kier alpha value is -1.12. The van der Waals surface area contributed by atoms with Crippen molar-refractivity contribution in [2.24, 2.45) is 4.99 Å². The van der Waals surface area contributed by atoms with Crippen LogP contribution in [-0.2, 0) is 0 Å². The van der Waals surface area contributed by atoms with Crippen LogP contribution in [0.2, 0.25) is 0 Å². The molecule has 0 fully saturated rings. The molecule has 0 spiro atoms. The normalized spacial score (nSPS) is 10.9. The number of aliphatic imine (C=N–C) groups is 1. The Morgan fingerprint density at radius 1 is 1.78 bits per heavy atom. The molecule has 48 valence electrons. The molecule has 1 heterocycles. The third-order valence-corrected chi connectivity index (χ3v) is 0.961. The number of aryl methyl sites for hydroxylation is 1. The highest BCUT2D eigenvalue weighted by atomic mass is 15.2. The lowest BCUT2D eigenvalue weighted by Crippen LogP contribution is -1.66. The summed E-state index contributed by atoms with van der Waals surface area (Å²) in [6.45, 7) is 3.79. The van der Waals surface area contributed by atoms with Crippen LogP contribution in [0.3, 0.4) is 0 Å². The van der Waals surface area contributed by atoms with Crippen molar-refractivity contribution in [1.29, 1.82) is 0 Å². The van der Waals surface area contributed by atoms with E-state index in [4.69, 9.17) is 0 Å². The van der Waals surface area contributed by atoms with Gasteiger partial charge in [-0.15, -0.1) is 0 Å². The Balaban J connectivity index is 2.85. The molecule has 0 aliphatic rings. The van der Waals surface area contributed by atoms with Crippen molar-refractivity contribution < 1.29 is 0 Å². The minimum Gasteiger partial charge on any atom is -0.261 e. The van der Waals surface area contributed by atoms with E-state index in [1.165, 1.54) is 0 Å². The van der Waals surface area contributed by atoms with Gasteiger partial charge in [0, 0.05) is 12.3 Å². The summed E-state index contributed by atoms with van der Waals surface area (Å²) in [7, 11) is 0. The molecule has 0 atom stereocenters. The first-order valence-corrected chi connectivity index (χ1v) is 2.83. The molecule has 0 aliphatic heterocycles. The predicted molar refractivity (Wildman–Crippen MR) is 37.2 cm³/mol. The third-order valence-electron chi connectivity index (χ3n) is 0.961. The lowest BCUT2D eigenvalue weighted by atomic mass is 10.5. The summed E-state index contributed by atoms with van der Waals surface area (Å²) >= 11 is 0. The van der Waals surface area contributed by atoms with Gasteiger partial charge in [-0.3, -0.25) is 5.10 Å². The van der Waals surface area contributed by atoms with Gasteiger partial charge in [0.1, 0.15) is 5.82 Å². The maximum atomic E-state index is 3.98. The summed E-state index contributed by atoms with van der Waals surface area (Å²) in [5.74, 6) is 0.815. The van der Waals surface area contributed by atoms with Gasteiger partial charge >= 0.3 is 0 Å². The lowest BCUT2D eigenvalue weighted by Gasteiger charge is -1.76. The van der Waals surface area contributed by atoms with Crippen LogP contribution in [0.5, 0.6) is 0 Å². The molecule has 1 rings (SSSR count). The molecule has 0 saturated carbocycles. The van der Waals surface area contributed by atoms with Crippen LogP contribution in [0.1, 0.15) is 12.6 Å². The van der Waals surface area contributed by atoms with Gasteiger partial charge in [-0.2, -0.15) is 5.10 Å². The zero-order valence-electron chi connectivity index (χ0n) is 5.55. The van der Waals surface area contributed by atoms with Crippen molar-refractivity contribution >= 4 is 12.0 Å². The van der Waals surface area contributed by atoms with Gasteiger partial charge in [-0.05, 0) is 13.8 Å². The number of H-pyrrole nitrogens is 1. The average molecular weight is 123 g/mol. The fraction of sp³-hybridized carbons (Fsp3) is 0.333. The fourth-order valence-corrected chi connectivity index (χ4v) is 0.613. The van der Waals surface area contributed by atoms with Crippen LogP contribution < -0.4 is 0 Å². The maximum Gasteiger partial charge on any atom is 0.147 e. The predicted octanol–water partition coefficient (Wildman–Crippen LogP) is 1.44. The van der Waals surface area contributed by atoms with Crippen LogP contribution in [0.25, 0.3) is 0 Å². The number of hydrogen-bond acceptors (Lipinski definition) is 2. The summed E-state index contributed by atoms with van der Waals surface area (Å²) < 4.78 is 0. The van der Waals surface area contributed by atoms with E-state index in [9.17, 15) is 0 Å². The molecule has 1 N–H and O–H groups in total. The van der Waals surface area contributed by atoms with Crippen LogP contribution in [0, 0.1) is 6.92 Å². The molecule has 0 amide bonds. The fourth-order valence-electron chi connectivity index (χ4n) is 0.613. The molecule has 1 aromatic rings. The van der Waals surface area contributed by atoms with Crippen molar-refractivity contribution in [2.75, 3.05) is 0 Å². The molecular formula is C6H9N3. The highest BCUT2D eigenvalue weighted by Crippen LogP contribution is 2.05. The minimum absolute atomic E-state index is 0.815. The van der Waals surface area contributed by atoms with E-state index in [2.05, 4.69) is 15.2 Å². The van der Waals surface area contributed by atoms with E-state index < -0.39 is 0 Å². The Labute approximate surface area is 53.8 Å². The number of nitrogens with zero attached hydrogens (tertiary/aromatic N) is 2. The Morgan fingerprint density at radius 3 is 3.00 bits per heavy atom. The van der Waals surface area contributed by atoms with E-state index >= 15 is 0 Å². The molecule has 0 aliphatic carbocycles. The zero-order valence-corrected chi connectivity index (χ0v) is 5.55. The van der Waals surface area contributed by atoms with Gasteiger partial charge < -0.3 is 0 Å². The molecule has 3 nitrogen and oxygen atoms in total. The van der Waals surface area contributed by atoms with Gasteiger partial charge in [-0.1, -0.05) is 0 Å². The van der Waals surface area contributed by atoms with Gasteiger partial charge in [0.25, 0.3) is 0 Å². The number of aromatic nitrogens is 2. The second-order valence-corrected chi connectivity index (χ2v) is 1.78. The van der Waals surface area contributed by atoms with E-state index in [1.807, 2.05) is 19.9 Å². The zero-order chi connectivity index (χ0) is 6.69. The van der Waals surface area contributed by atoms with E-state index in [1.54, 1.807) is 6.21 Å². The summed E-state index contributed by atoms with van der Waals surface area (Å²) in [4.78, 5) is 3.98. The molecule has 0 aromatic carbocycles. The summed E-state index contributed by atoms with van der Waals surface area (Å²) in [6, 6.07) is 1.89. The topological polar surface area (TPSA) is 41.0 Å².